The number of hydrogen-bond donors (Lipinski definition) is 2. The van der Waals surface area contributed by atoms with Gasteiger partial charge in [-0.15, -0.1) is 11.3 Å². The number of thiophene rings is 1. The number of carbonyl (C=O) groups excluding carboxylic acids is 1. The molecule has 6 nitrogen and oxygen atoms in total. The zero-order chi connectivity index (χ0) is 30.5. The number of piperidine rings is 3. The normalized spacial score (nSPS) is 20.4. The molecule has 0 atom stereocenters. The molecule has 234 valence electrons. The maximum Gasteiger partial charge on any atom is 0.317 e. The smallest absolute Gasteiger partial charge is 0.317 e. The molecule has 2 N–H and O–H groups in total. The third kappa shape index (κ3) is 6.84. The Morgan fingerprint density at radius 1 is 0.955 bits per heavy atom. The second-order valence-electron chi connectivity index (χ2n) is 13.2. The summed E-state index contributed by atoms with van der Waals surface area (Å²) in [7, 11) is 0. The summed E-state index contributed by atoms with van der Waals surface area (Å²) in [6.07, 6.45) is 9.43. The van der Waals surface area contributed by atoms with Crippen LogP contribution in [0, 0.1) is 12.3 Å². The van der Waals surface area contributed by atoms with E-state index in [0.717, 1.165) is 62.9 Å². The van der Waals surface area contributed by atoms with Gasteiger partial charge in [0.15, 0.2) is 0 Å². The summed E-state index contributed by atoms with van der Waals surface area (Å²) in [5, 5.41) is 10.3. The fraction of sp³-hybridized carbons (Fsp3) is 0.486. The highest BCUT2D eigenvalue weighted by Crippen LogP contribution is 2.46. The second-order valence-corrected chi connectivity index (χ2v) is 14.1. The van der Waals surface area contributed by atoms with Crippen LogP contribution in [0.1, 0.15) is 56.1 Å². The van der Waals surface area contributed by atoms with E-state index in [1.54, 1.807) is 0 Å². The van der Waals surface area contributed by atoms with Crippen molar-refractivity contribution in [1.29, 1.82) is 0 Å². The van der Waals surface area contributed by atoms with E-state index in [2.05, 4.69) is 94.4 Å². The van der Waals surface area contributed by atoms with Crippen LogP contribution < -0.4 is 10.6 Å². The van der Waals surface area contributed by atoms with E-state index >= 15 is 0 Å². The number of benzene rings is 2. The van der Waals surface area contributed by atoms with Crippen molar-refractivity contribution in [1.82, 2.24) is 20.0 Å². The predicted octanol–water partition coefficient (Wildman–Crippen LogP) is 7.63. The van der Waals surface area contributed by atoms with Gasteiger partial charge in [0.05, 0.1) is 6.54 Å². The van der Waals surface area contributed by atoms with Gasteiger partial charge in [-0.1, -0.05) is 56.0 Å². The summed E-state index contributed by atoms with van der Waals surface area (Å²) >= 11 is 1.81. The Balaban J connectivity index is 0.000000289. The number of allylic oxidation sites excluding steroid dienone is 1. The van der Waals surface area contributed by atoms with Gasteiger partial charge in [0.2, 0.25) is 0 Å². The summed E-state index contributed by atoms with van der Waals surface area (Å²) in [6.45, 7) is 17.5. The molecule has 3 aromatic rings. The van der Waals surface area contributed by atoms with Crippen LogP contribution in [0.2, 0.25) is 0 Å². The number of rotatable bonds is 4. The van der Waals surface area contributed by atoms with E-state index in [-0.39, 0.29) is 11.4 Å². The first-order valence-electron chi connectivity index (χ1n) is 16.6. The summed E-state index contributed by atoms with van der Waals surface area (Å²) in [4.78, 5) is 19.9. The van der Waals surface area contributed by atoms with Crippen molar-refractivity contribution in [3.63, 3.8) is 0 Å². The number of anilines is 1. The van der Waals surface area contributed by atoms with Crippen LogP contribution in [-0.4, -0.2) is 72.6 Å². The summed E-state index contributed by atoms with van der Waals surface area (Å²) in [5.41, 5.74) is 6.12. The number of nitrogens with zero attached hydrogens (tertiary/aromatic N) is 3. The molecule has 0 saturated carbocycles. The zero-order valence-electron chi connectivity index (χ0n) is 26.5. The largest absolute Gasteiger partial charge is 0.374 e. The Labute approximate surface area is 267 Å². The maximum atomic E-state index is 12.9. The third-order valence-corrected chi connectivity index (χ3v) is 11.5. The number of fused-ring (bicyclic) bond motifs is 2. The summed E-state index contributed by atoms with van der Waals surface area (Å²) < 4.78 is 1.39. The van der Waals surface area contributed by atoms with Gasteiger partial charge >= 0.3 is 6.03 Å². The lowest BCUT2D eigenvalue weighted by molar-refractivity contribution is 0.104. The Morgan fingerprint density at radius 3 is 2.41 bits per heavy atom. The number of carbonyl (C=O) groups is 1. The SMILES string of the molecule is C=C(CNC(=O)N1CCC2(CC1)Cc1ccccc1NC2=C)N1CCC(N2CCCCC2)CC1.Cc1csc2ccccc12. The number of nitrogens with one attached hydrogen (secondary N) is 2. The van der Waals surface area contributed by atoms with Crippen molar-refractivity contribution in [3.8, 4) is 0 Å². The van der Waals surface area contributed by atoms with Crippen LogP contribution in [-0.2, 0) is 6.42 Å². The Hall–Kier alpha value is -3.29. The maximum absolute atomic E-state index is 12.9. The van der Waals surface area contributed by atoms with Gasteiger partial charge in [0.1, 0.15) is 0 Å². The molecule has 2 aromatic carbocycles. The van der Waals surface area contributed by atoms with E-state index in [9.17, 15) is 4.79 Å². The van der Waals surface area contributed by atoms with Gasteiger partial charge in [-0.3, -0.25) is 0 Å². The molecule has 0 bridgehead atoms. The van der Waals surface area contributed by atoms with Crippen LogP contribution >= 0.6 is 11.3 Å². The third-order valence-electron chi connectivity index (χ3n) is 10.4. The molecule has 4 aliphatic heterocycles. The monoisotopic (exact) mass is 611 g/mol. The molecular weight excluding hydrogens is 563 g/mol. The van der Waals surface area contributed by atoms with Gasteiger partial charge in [0.25, 0.3) is 0 Å². The fourth-order valence-corrected chi connectivity index (χ4v) is 8.47. The molecule has 1 spiro atoms. The van der Waals surface area contributed by atoms with Crippen molar-refractivity contribution in [2.24, 2.45) is 5.41 Å². The topological polar surface area (TPSA) is 50.9 Å². The molecule has 3 saturated heterocycles. The minimum absolute atomic E-state index is 0.0361. The van der Waals surface area contributed by atoms with Gasteiger partial charge in [-0.25, -0.2) is 4.79 Å². The van der Waals surface area contributed by atoms with Crippen molar-refractivity contribution >= 4 is 33.1 Å². The lowest BCUT2D eigenvalue weighted by atomic mass is 9.69. The highest BCUT2D eigenvalue weighted by atomic mass is 32.1. The molecule has 7 heteroatoms. The number of aryl methyl sites for hydroxylation is 1. The lowest BCUT2D eigenvalue weighted by Gasteiger charge is -2.46. The average Bonchev–Trinajstić information content (AvgIpc) is 3.45. The molecule has 0 aliphatic carbocycles. The summed E-state index contributed by atoms with van der Waals surface area (Å²) in [6, 6.07) is 17.8. The molecule has 7 rings (SSSR count). The number of amides is 2. The van der Waals surface area contributed by atoms with Crippen LogP contribution in [0.25, 0.3) is 10.1 Å². The summed E-state index contributed by atoms with van der Waals surface area (Å²) in [5.74, 6) is 0. The van der Waals surface area contributed by atoms with E-state index in [1.165, 1.54) is 72.1 Å². The molecule has 3 fully saturated rings. The first-order valence-corrected chi connectivity index (χ1v) is 17.5. The molecular formula is C37H49N5OS. The number of hydrogen-bond acceptors (Lipinski definition) is 5. The quantitative estimate of drug-likeness (QED) is 0.319. The van der Waals surface area contributed by atoms with Crippen molar-refractivity contribution in [3.05, 3.63) is 89.6 Å². The second kappa shape index (κ2) is 13.8. The number of para-hydroxylation sites is 1. The zero-order valence-corrected chi connectivity index (χ0v) is 27.3. The first-order chi connectivity index (χ1) is 21.4. The van der Waals surface area contributed by atoms with Gasteiger partial charge < -0.3 is 25.3 Å². The van der Waals surface area contributed by atoms with Gasteiger partial charge in [-0.2, -0.15) is 0 Å². The van der Waals surface area contributed by atoms with Crippen LogP contribution in [0.5, 0.6) is 0 Å². The number of likely N-dealkylation sites (tertiary alicyclic amines) is 3. The van der Waals surface area contributed by atoms with E-state index in [4.69, 9.17) is 0 Å². The van der Waals surface area contributed by atoms with Gasteiger partial charge in [0, 0.05) is 59.4 Å². The lowest BCUT2D eigenvalue weighted by Crippen LogP contribution is -2.51. The first kappa shape index (κ1) is 30.7. The predicted molar refractivity (Wildman–Crippen MR) is 185 cm³/mol. The highest BCUT2D eigenvalue weighted by Gasteiger charge is 2.41. The standard InChI is InChI=1S/C28H41N5O.C9H8S/c1-22(31-16-10-25(11-17-31)32-14-6-3-7-15-32)21-29-27(34)33-18-12-28(13-19-33)20-24-8-4-5-9-26(24)30-23(28)2;1-7-6-10-9-5-3-2-4-8(7)9/h4-5,8-9,25,30H,1-3,6-7,10-21H2,(H,29,34);2-6H,1H3. The molecule has 1 aromatic heterocycles. The highest BCUT2D eigenvalue weighted by molar-refractivity contribution is 7.17. The Morgan fingerprint density at radius 2 is 1.66 bits per heavy atom. The molecule has 4 aliphatic rings. The molecule has 2 amide bonds. The van der Waals surface area contributed by atoms with E-state index < -0.39 is 0 Å². The minimum Gasteiger partial charge on any atom is -0.374 e. The van der Waals surface area contributed by atoms with Crippen LogP contribution in [0.3, 0.4) is 0 Å². The minimum atomic E-state index is 0.0361. The van der Waals surface area contributed by atoms with Crippen molar-refractivity contribution < 1.29 is 4.79 Å². The number of urea groups is 1. The molecule has 5 heterocycles. The van der Waals surface area contributed by atoms with E-state index in [0.29, 0.717) is 6.54 Å². The van der Waals surface area contributed by atoms with E-state index in [1.807, 2.05) is 16.2 Å². The van der Waals surface area contributed by atoms with Crippen molar-refractivity contribution in [2.75, 3.05) is 51.1 Å². The van der Waals surface area contributed by atoms with Gasteiger partial charge in [-0.05, 0) is 99.0 Å². The molecule has 44 heavy (non-hydrogen) atoms. The Kier molecular flexibility index (Phi) is 9.62. The van der Waals surface area contributed by atoms with Crippen LogP contribution in [0.15, 0.2) is 78.5 Å². The molecule has 0 radical (unpaired) electrons. The van der Waals surface area contributed by atoms with Crippen molar-refractivity contribution in [2.45, 2.75) is 64.3 Å². The fourth-order valence-electron chi connectivity index (χ4n) is 7.52. The van der Waals surface area contributed by atoms with Crippen LogP contribution in [0.4, 0.5) is 10.5 Å². The Bertz CT molecular complexity index is 1460. The average molecular weight is 612 g/mol. The molecule has 0 unspecified atom stereocenters.